The maximum Gasteiger partial charge on any atom is 0.244 e. The fourth-order valence-corrected chi connectivity index (χ4v) is 2.19. The molecule has 0 fully saturated rings. The van der Waals surface area contributed by atoms with E-state index in [1.54, 1.807) is 48.5 Å². The van der Waals surface area contributed by atoms with Gasteiger partial charge in [-0.3, -0.25) is 4.79 Å². The Hall–Kier alpha value is -1.71. The third-order valence-corrected chi connectivity index (χ3v) is 3.22. The third-order valence-electron chi connectivity index (χ3n) is 2.64. The van der Waals surface area contributed by atoms with E-state index in [2.05, 4.69) is 5.32 Å². The summed E-state index contributed by atoms with van der Waals surface area (Å²) < 4.78 is 0. The van der Waals surface area contributed by atoms with Crippen molar-refractivity contribution in [1.82, 2.24) is 0 Å². The smallest absolute Gasteiger partial charge is 0.244 e. The molecule has 3 N–H and O–H groups in total. The van der Waals surface area contributed by atoms with Gasteiger partial charge in [0, 0.05) is 21.3 Å². The Kier molecular flexibility index (Phi) is 4.30. The van der Waals surface area contributed by atoms with Crippen LogP contribution < -0.4 is 11.1 Å². The summed E-state index contributed by atoms with van der Waals surface area (Å²) in [5.74, 6) is -0.506. The quantitative estimate of drug-likeness (QED) is 0.905. The number of nitrogens with two attached hydrogens (primary N) is 1. The monoisotopic (exact) mass is 294 g/mol. The molecule has 0 bridgehead atoms. The molecule has 2 aromatic carbocycles. The first kappa shape index (κ1) is 13.7. The molecule has 0 aliphatic heterocycles. The standard InChI is InChI=1S/C14H12Cl2N2O/c15-9-4-3-5-10(8-9)18-13(14(17)19)11-6-1-2-7-12(11)16/h1-8,13,18H,(H2,17,19). The van der Waals surface area contributed by atoms with Crippen LogP contribution in [0, 0.1) is 0 Å². The van der Waals surface area contributed by atoms with E-state index in [4.69, 9.17) is 28.9 Å². The molecule has 0 aliphatic carbocycles. The number of anilines is 1. The normalized spacial score (nSPS) is 11.9. The minimum atomic E-state index is -0.702. The summed E-state index contributed by atoms with van der Waals surface area (Å²) in [6, 6.07) is 13.4. The molecule has 2 aromatic rings. The van der Waals surface area contributed by atoms with Gasteiger partial charge < -0.3 is 11.1 Å². The van der Waals surface area contributed by atoms with Crippen LogP contribution in [0.4, 0.5) is 5.69 Å². The van der Waals surface area contributed by atoms with E-state index in [9.17, 15) is 4.79 Å². The lowest BCUT2D eigenvalue weighted by molar-refractivity contribution is -0.118. The molecule has 98 valence electrons. The molecule has 1 unspecified atom stereocenters. The summed E-state index contributed by atoms with van der Waals surface area (Å²) in [6.45, 7) is 0. The Bertz CT molecular complexity index is 602. The molecule has 0 radical (unpaired) electrons. The molecule has 3 nitrogen and oxygen atoms in total. The Balaban J connectivity index is 2.32. The highest BCUT2D eigenvalue weighted by molar-refractivity contribution is 6.31. The molecule has 0 saturated heterocycles. The van der Waals surface area contributed by atoms with Gasteiger partial charge in [-0.1, -0.05) is 47.5 Å². The van der Waals surface area contributed by atoms with Gasteiger partial charge in [-0.2, -0.15) is 0 Å². The van der Waals surface area contributed by atoms with Crippen molar-refractivity contribution in [3.05, 3.63) is 64.1 Å². The average molecular weight is 295 g/mol. The maximum atomic E-state index is 11.6. The highest BCUT2D eigenvalue weighted by atomic mass is 35.5. The molecule has 1 amide bonds. The molecule has 1 atom stereocenters. The van der Waals surface area contributed by atoms with Gasteiger partial charge >= 0.3 is 0 Å². The lowest BCUT2D eigenvalue weighted by Crippen LogP contribution is -2.27. The van der Waals surface area contributed by atoms with Crippen molar-refractivity contribution in [3.63, 3.8) is 0 Å². The lowest BCUT2D eigenvalue weighted by atomic mass is 10.1. The van der Waals surface area contributed by atoms with Crippen LogP contribution in [-0.4, -0.2) is 5.91 Å². The second-order valence-electron chi connectivity index (χ2n) is 4.01. The lowest BCUT2D eigenvalue weighted by Gasteiger charge is -2.18. The molecule has 5 heteroatoms. The Morgan fingerprint density at radius 2 is 1.84 bits per heavy atom. The van der Waals surface area contributed by atoms with Gasteiger partial charge in [0.05, 0.1) is 0 Å². The topological polar surface area (TPSA) is 55.1 Å². The summed E-state index contributed by atoms with van der Waals surface area (Å²) in [4.78, 5) is 11.6. The minimum absolute atomic E-state index is 0.487. The van der Waals surface area contributed by atoms with Crippen molar-refractivity contribution in [3.8, 4) is 0 Å². The van der Waals surface area contributed by atoms with E-state index in [-0.39, 0.29) is 0 Å². The molecule has 0 spiro atoms. The Morgan fingerprint density at radius 3 is 2.47 bits per heavy atom. The first-order valence-corrected chi connectivity index (χ1v) is 6.39. The van der Waals surface area contributed by atoms with Gasteiger partial charge in [-0.15, -0.1) is 0 Å². The van der Waals surface area contributed by atoms with Gasteiger partial charge in [-0.25, -0.2) is 0 Å². The van der Waals surface area contributed by atoms with Gasteiger partial charge in [0.25, 0.3) is 0 Å². The fraction of sp³-hybridized carbons (Fsp3) is 0.0714. The van der Waals surface area contributed by atoms with E-state index >= 15 is 0 Å². The van der Waals surface area contributed by atoms with Crippen LogP contribution in [0.3, 0.4) is 0 Å². The van der Waals surface area contributed by atoms with E-state index < -0.39 is 11.9 Å². The SMILES string of the molecule is NC(=O)C(Nc1cccc(Cl)c1)c1ccccc1Cl. The third kappa shape index (κ3) is 3.40. The molecule has 2 rings (SSSR count). The van der Waals surface area contributed by atoms with Crippen molar-refractivity contribution in [2.24, 2.45) is 5.73 Å². The van der Waals surface area contributed by atoms with Crippen molar-refractivity contribution < 1.29 is 4.79 Å². The second kappa shape index (κ2) is 5.95. The Labute approximate surface area is 121 Å². The van der Waals surface area contributed by atoms with Crippen molar-refractivity contribution >= 4 is 34.8 Å². The summed E-state index contributed by atoms with van der Waals surface area (Å²) >= 11 is 12.0. The van der Waals surface area contributed by atoms with Gasteiger partial charge in [0.15, 0.2) is 0 Å². The number of amides is 1. The molecule has 0 saturated carbocycles. The van der Waals surface area contributed by atoms with E-state index in [1.807, 2.05) is 0 Å². The number of rotatable bonds is 4. The first-order valence-electron chi connectivity index (χ1n) is 5.64. The van der Waals surface area contributed by atoms with Crippen molar-refractivity contribution in [2.45, 2.75) is 6.04 Å². The van der Waals surface area contributed by atoms with Crippen LogP contribution in [0.1, 0.15) is 11.6 Å². The predicted molar refractivity (Wildman–Crippen MR) is 78.5 cm³/mol. The van der Waals surface area contributed by atoms with E-state index in [1.165, 1.54) is 0 Å². The van der Waals surface area contributed by atoms with Crippen LogP contribution in [0.15, 0.2) is 48.5 Å². The largest absolute Gasteiger partial charge is 0.370 e. The number of halogens is 2. The Morgan fingerprint density at radius 1 is 1.11 bits per heavy atom. The van der Waals surface area contributed by atoms with Gasteiger partial charge in [0.1, 0.15) is 6.04 Å². The highest BCUT2D eigenvalue weighted by Gasteiger charge is 2.20. The molecular weight excluding hydrogens is 283 g/mol. The van der Waals surface area contributed by atoms with Crippen LogP contribution in [0.2, 0.25) is 10.0 Å². The number of benzene rings is 2. The number of hydrogen-bond acceptors (Lipinski definition) is 2. The van der Waals surface area contributed by atoms with E-state index in [0.29, 0.717) is 21.3 Å². The summed E-state index contributed by atoms with van der Waals surface area (Å²) in [5, 5.41) is 4.10. The molecule has 19 heavy (non-hydrogen) atoms. The predicted octanol–water partition coefficient (Wildman–Crippen LogP) is 3.63. The number of carbonyl (C=O) groups is 1. The van der Waals surface area contributed by atoms with Gasteiger partial charge in [-0.05, 0) is 24.3 Å². The van der Waals surface area contributed by atoms with E-state index in [0.717, 1.165) is 0 Å². The second-order valence-corrected chi connectivity index (χ2v) is 4.86. The molecule has 0 aromatic heterocycles. The zero-order chi connectivity index (χ0) is 13.8. The zero-order valence-corrected chi connectivity index (χ0v) is 11.4. The minimum Gasteiger partial charge on any atom is -0.370 e. The van der Waals surface area contributed by atoms with Crippen LogP contribution >= 0.6 is 23.2 Å². The number of primary amides is 1. The molecular formula is C14H12Cl2N2O. The highest BCUT2D eigenvalue weighted by Crippen LogP contribution is 2.26. The number of nitrogens with one attached hydrogen (secondary N) is 1. The van der Waals surface area contributed by atoms with Crippen LogP contribution in [-0.2, 0) is 4.79 Å². The van der Waals surface area contributed by atoms with Crippen molar-refractivity contribution in [2.75, 3.05) is 5.32 Å². The van der Waals surface area contributed by atoms with Crippen LogP contribution in [0.5, 0.6) is 0 Å². The van der Waals surface area contributed by atoms with Crippen molar-refractivity contribution in [1.29, 1.82) is 0 Å². The first-order chi connectivity index (χ1) is 9.08. The number of carbonyl (C=O) groups excluding carboxylic acids is 1. The zero-order valence-electron chi connectivity index (χ0n) is 9.94. The summed E-state index contributed by atoms with van der Waals surface area (Å²) in [6.07, 6.45) is 0. The molecule has 0 aliphatic rings. The molecule has 0 heterocycles. The average Bonchev–Trinajstić information content (AvgIpc) is 2.37. The maximum absolute atomic E-state index is 11.6. The fourth-order valence-electron chi connectivity index (χ4n) is 1.76. The summed E-state index contributed by atoms with van der Waals surface area (Å²) in [7, 11) is 0. The van der Waals surface area contributed by atoms with Crippen LogP contribution in [0.25, 0.3) is 0 Å². The summed E-state index contributed by atoms with van der Waals surface area (Å²) in [5.41, 5.74) is 6.77. The van der Waals surface area contributed by atoms with Gasteiger partial charge in [0.2, 0.25) is 5.91 Å². The number of hydrogen-bond donors (Lipinski definition) is 2.